The summed E-state index contributed by atoms with van der Waals surface area (Å²) < 4.78 is 6.47. The molecule has 54 heavy (non-hydrogen) atoms. The zero-order valence-corrected chi connectivity index (χ0v) is 29.6. The topological polar surface area (TPSA) is 16.4 Å². The van der Waals surface area contributed by atoms with Gasteiger partial charge in [0.05, 0.1) is 22.4 Å². The lowest BCUT2D eigenvalue weighted by Gasteiger charge is -2.30. The zero-order chi connectivity index (χ0) is 35.8. The van der Waals surface area contributed by atoms with Crippen LogP contribution in [0.5, 0.6) is 0 Å². The third-order valence-corrected chi connectivity index (χ3v) is 10.5. The van der Waals surface area contributed by atoms with Gasteiger partial charge in [-0.1, -0.05) is 176 Å². The minimum absolute atomic E-state index is 0.863. The highest BCUT2D eigenvalue weighted by atomic mass is 16.3. The van der Waals surface area contributed by atoms with E-state index in [4.69, 9.17) is 4.42 Å². The first-order valence-electron chi connectivity index (χ1n) is 18.4. The molecule has 0 spiro atoms. The van der Waals surface area contributed by atoms with Crippen molar-refractivity contribution in [3.05, 3.63) is 212 Å². The number of fused-ring (bicyclic) bond motifs is 4. The largest absolute Gasteiger partial charge is 0.456 e. The molecule has 1 aromatic heterocycles. The molecule has 0 aliphatic carbocycles. The van der Waals surface area contributed by atoms with E-state index in [-0.39, 0.29) is 0 Å². The van der Waals surface area contributed by atoms with Crippen LogP contribution in [0.15, 0.2) is 217 Å². The van der Waals surface area contributed by atoms with E-state index in [1.807, 2.05) is 6.07 Å². The van der Waals surface area contributed by atoms with Crippen LogP contribution in [0.4, 0.5) is 17.1 Å². The van der Waals surface area contributed by atoms with Crippen LogP contribution in [0.1, 0.15) is 0 Å². The van der Waals surface area contributed by atoms with Gasteiger partial charge in [0.15, 0.2) is 0 Å². The van der Waals surface area contributed by atoms with E-state index in [9.17, 15) is 0 Å². The summed E-state index contributed by atoms with van der Waals surface area (Å²) in [5, 5.41) is 4.55. The SMILES string of the molecule is c1ccc(-c2ccc(-c3ccccc3)c(-c3ccccc3-c3ccccc3N(c3cccc4ccccc34)c3cccc4oc5ccccc5c34)c2)cc1. The quantitative estimate of drug-likeness (QED) is 0.166. The lowest BCUT2D eigenvalue weighted by Crippen LogP contribution is -2.12. The first kappa shape index (κ1) is 31.6. The highest BCUT2D eigenvalue weighted by Gasteiger charge is 2.24. The summed E-state index contributed by atoms with van der Waals surface area (Å²) in [4.78, 5) is 2.44. The van der Waals surface area contributed by atoms with E-state index < -0.39 is 0 Å². The molecule has 0 radical (unpaired) electrons. The maximum atomic E-state index is 6.47. The number of benzene rings is 9. The van der Waals surface area contributed by atoms with E-state index in [0.29, 0.717) is 0 Å². The van der Waals surface area contributed by atoms with Gasteiger partial charge in [0, 0.05) is 16.3 Å². The number of para-hydroxylation sites is 2. The van der Waals surface area contributed by atoms with Crippen LogP contribution in [0.25, 0.3) is 77.2 Å². The van der Waals surface area contributed by atoms with Crippen LogP contribution in [0.3, 0.4) is 0 Å². The molecule has 0 unspecified atom stereocenters. The molecule has 0 aliphatic rings. The average Bonchev–Trinajstić information content (AvgIpc) is 3.64. The number of rotatable bonds is 7. The Kier molecular flexibility index (Phi) is 7.85. The first-order valence-corrected chi connectivity index (χ1v) is 18.4. The van der Waals surface area contributed by atoms with Crippen LogP contribution in [0.2, 0.25) is 0 Å². The Morgan fingerprint density at radius 1 is 0.296 bits per heavy atom. The molecule has 9 aromatic carbocycles. The highest BCUT2D eigenvalue weighted by molar-refractivity contribution is 6.15. The van der Waals surface area contributed by atoms with Crippen molar-refractivity contribution in [2.45, 2.75) is 0 Å². The fourth-order valence-electron chi connectivity index (χ4n) is 8.03. The van der Waals surface area contributed by atoms with E-state index in [1.54, 1.807) is 0 Å². The Morgan fingerprint density at radius 2 is 0.852 bits per heavy atom. The fraction of sp³-hybridized carbons (Fsp3) is 0. The number of furan rings is 1. The van der Waals surface area contributed by atoms with Gasteiger partial charge in [-0.25, -0.2) is 0 Å². The summed E-state index contributed by atoms with van der Waals surface area (Å²) >= 11 is 0. The number of anilines is 3. The Labute approximate surface area is 314 Å². The molecule has 0 atom stereocenters. The average molecular weight is 690 g/mol. The minimum Gasteiger partial charge on any atom is -0.456 e. The summed E-state index contributed by atoms with van der Waals surface area (Å²) in [5.74, 6) is 0. The van der Waals surface area contributed by atoms with E-state index in [1.165, 1.54) is 44.2 Å². The standard InChI is InChI=1S/C52H35NO/c1-3-17-36(18-4-1)39-33-34-40(37-19-5-2-6-20-37)46(35-39)43-25-10-9-24-42(43)44-26-11-13-28-48(44)53(47-29-15-22-38-21-7-8-23-41(38)47)49-30-16-32-51-52(49)45-27-12-14-31-50(45)54-51/h1-35H. The molecule has 0 saturated heterocycles. The second kappa shape index (κ2) is 13.4. The molecular weight excluding hydrogens is 655 g/mol. The monoisotopic (exact) mass is 689 g/mol. The summed E-state index contributed by atoms with van der Waals surface area (Å²) in [6.45, 7) is 0. The lowest BCUT2D eigenvalue weighted by atomic mass is 9.86. The summed E-state index contributed by atoms with van der Waals surface area (Å²) in [6, 6.07) is 76.0. The molecule has 1 heterocycles. The number of hydrogen-bond acceptors (Lipinski definition) is 2. The smallest absolute Gasteiger partial charge is 0.137 e. The van der Waals surface area contributed by atoms with Crippen molar-refractivity contribution in [1.82, 2.24) is 0 Å². The summed E-state index contributed by atoms with van der Waals surface area (Å²) in [7, 11) is 0. The predicted octanol–water partition coefficient (Wildman–Crippen LogP) is 14.9. The van der Waals surface area contributed by atoms with Crippen LogP contribution in [-0.2, 0) is 0 Å². The molecule has 0 bridgehead atoms. The van der Waals surface area contributed by atoms with Gasteiger partial charge in [0.25, 0.3) is 0 Å². The molecule has 0 aliphatic heterocycles. The van der Waals surface area contributed by atoms with E-state index >= 15 is 0 Å². The second-order valence-corrected chi connectivity index (χ2v) is 13.6. The second-order valence-electron chi connectivity index (χ2n) is 13.6. The van der Waals surface area contributed by atoms with Crippen LogP contribution >= 0.6 is 0 Å². The van der Waals surface area contributed by atoms with Crippen molar-refractivity contribution in [3.63, 3.8) is 0 Å². The Morgan fingerprint density at radius 3 is 1.67 bits per heavy atom. The maximum absolute atomic E-state index is 6.47. The fourth-order valence-corrected chi connectivity index (χ4v) is 8.03. The molecule has 254 valence electrons. The molecule has 0 fully saturated rings. The summed E-state index contributed by atoms with van der Waals surface area (Å²) in [6.07, 6.45) is 0. The third kappa shape index (κ3) is 5.44. The van der Waals surface area contributed by atoms with Crippen LogP contribution in [0, 0.1) is 0 Å². The van der Waals surface area contributed by atoms with Gasteiger partial charge in [-0.3, -0.25) is 0 Å². The normalized spacial score (nSPS) is 11.3. The lowest BCUT2D eigenvalue weighted by molar-refractivity contribution is 0.669. The van der Waals surface area contributed by atoms with Gasteiger partial charge in [-0.2, -0.15) is 0 Å². The molecule has 2 heteroatoms. The molecular formula is C52H35NO. The zero-order valence-electron chi connectivity index (χ0n) is 29.6. The number of hydrogen-bond donors (Lipinski definition) is 0. The third-order valence-electron chi connectivity index (χ3n) is 10.5. The minimum atomic E-state index is 0.863. The van der Waals surface area contributed by atoms with E-state index in [0.717, 1.165) is 50.1 Å². The molecule has 0 saturated carbocycles. The van der Waals surface area contributed by atoms with Gasteiger partial charge in [-0.15, -0.1) is 0 Å². The van der Waals surface area contributed by atoms with Gasteiger partial charge in [0.1, 0.15) is 11.2 Å². The van der Waals surface area contributed by atoms with Gasteiger partial charge in [-0.05, 0) is 80.7 Å². The van der Waals surface area contributed by atoms with Crippen molar-refractivity contribution in [2.75, 3.05) is 4.90 Å². The van der Waals surface area contributed by atoms with Gasteiger partial charge < -0.3 is 9.32 Å². The van der Waals surface area contributed by atoms with Crippen molar-refractivity contribution < 1.29 is 4.42 Å². The van der Waals surface area contributed by atoms with Crippen molar-refractivity contribution in [1.29, 1.82) is 0 Å². The predicted molar refractivity (Wildman–Crippen MR) is 228 cm³/mol. The molecule has 0 amide bonds. The highest BCUT2D eigenvalue weighted by Crippen LogP contribution is 2.49. The van der Waals surface area contributed by atoms with Crippen LogP contribution < -0.4 is 4.90 Å². The van der Waals surface area contributed by atoms with Crippen molar-refractivity contribution in [2.24, 2.45) is 0 Å². The molecule has 0 N–H and O–H groups in total. The molecule has 10 rings (SSSR count). The molecule has 10 aromatic rings. The maximum Gasteiger partial charge on any atom is 0.137 e. The van der Waals surface area contributed by atoms with Crippen LogP contribution in [-0.4, -0.2) is 0 Å². The van der Waals surface area contributed by atoms with Crippen molar-refractivity contribution in [3.8, 4) is 44.5 Å². The van der Waals surface area contributed by atoms with Gasteiger partial charge in [0.2, 0.25) is 0 Å². The Balaban J connectivity index is 1.26. The molecule has 2 nitrogen and oxygen atoms in total. The van der Waals surface area contributed by atoms with E-state index in [2.05, 4.69) is 211 Å². The van der Waals surface area contributed by atoms with Gasteiger partial charge >= 0.3 is 0 Å². The number of nitrogens with zero attached hydrogens (tertiary/aromatic N) is 1. The Hall–Kier alpha value is -7.16. The van der Waals surface area contributed by atoms with Crippen molar-refractivity contribution >= 4 is 49.8 Å². The first-order chi connectivity index (χ1) is 26.8. The Bertz CT molecular complexity index is 2940. The summed E-state index contributed by atoms with van der Waals surface area (Å²) in [5.41, 5.74) is 14.4.